The first-order valence-corrected chi connectivity index (χ1v) is 4.88. The van der Waals surface area contributed by atoms with Crippen LogP contribution in [-0.4, -0.2) is 9.97 Å². The quantitative estimate of drug-likeness (QED) is 0.627. The summed E-state index contributed by atoms with van der Waals surface area (Å²) >= 11 is 0. The van der Waals surface area contributed by atoms with Crippen molar-refractivity contribution < 1.29 is 0 Å². The molecule has 0 aliphatic heterocycles. The lowest BCUT2D eigenvalue weighted by Crippen LogP contribution is -2.25. The van der Waals surface area contributed by atoms with Gasteiger partial charge in [0, 0.05) is 29.4 Å². The highest BCUT2D eigenvalue weighted by atomic mass is 14.7. The average molecular weight is 194 g/mol. The molecule has 0 amide bonds. The molecule has 1 aliphatic carbocycles. The predicted octanol–water partition coefficient (Wildman–Crippen LogP) is 1.09. The summed E-state index contributed by atoms with van der Waals surface area (Å²) in [5.41, 5.74) is 4.61. The van der Waals surface area contributed by atoms with E-state index < -0.39 is 0 Å². The second-order valence-corrected chi connectivity index (χ2v) is 3.74. The van der Waals surface area contributed by atoms with Crippen LogP contribution in [0.2, 0.25) is 0 Å². The molecule has 3 rings (SSSR count). The molecule has 2 heteroatoms. The van der Waals surface area contributed by atoms with E-state index in [1.807, 2.05) is 24.5 Å². The monoisotopic (exact) mass is 194 g/mol. The summed E-state index contributed by atoms with van der Waals surface area (Å²) in [4.78, 5) is 8.56. The molecule has 0 spiro atoms. The molecular weight excluding hydrogens is 184 g/mol. The van der Waals surface area contributed by atoms with Crippen molar-refractivity contribution >= 4 is 12.2 Å². The van der Waals surface area contributed by atoms with Gasteiger partial charge in [-0.1, -0.05) is 6.58 Å². The summed E-state index contributed by atoms with van der Waals surface area (Å²) in [5.74, 6) is 0. The fourth-order valence-electron chi connectivity index (χ4n) is 2.17. The van der Waals surface area contributed by atoms with Crippen LogP contribution in [0.15, 0.2) is 30.7 Å². The fourth-order valence-corrected chi connectivity index (χ4v) is 2.17. The van der Waals surface area contributed by atoms with E-state index in [0.29, 0.717) is 0 Å². The molecule has 0 fully saturated rings. The molecule has 0 saturated heterocycles. The third-order valence-corrected chi connectivity index (χ3v) is 2.89. The largest absolute Gasteiger partial charge is 0.264 e. The highest BCUT2D eigenvalue weighted by Crippen LogP contribution is 2.27. The van der Waals surface area contributed by atoms with E-state index in [4.69, 9.17) is 0 Å². The Balaban J connectivity index is 2.58. The Morgan fingerprint density at radius 1 is 1.13 bits per heavy atom. The second-order valence-electron chi connectivity index (χ2n) is 3.74. The van der Waals surface area contributed by atoms with Gasteiger partial charge in [-0.15, -0.1) is 0 Å². The van der Waals surface area contributed by atoms with Crippen molar-refractivity contribution in [1.82, 2.24) is 9.97 Å². The van der Waals surface area contributed by atoms with Gasteiger partial charge in [-0.25, -0.2) is 0 Å². The zero-order chi connectivity index (χ0) is 10.4. The van der Waals surface area contributed by atoms with Gasteiger partial charge >= 0.3 is 0 Å². The van der Waals surface area contributed by atoms with Gasteiger partial charge in [0.05, 0.1) is 5.69 Å². The number of aromatic nitrogens is 2. The third kappa shape index (κ3) is 0.988. The number of fused-ring (bicyclic) bond motifs is 3. The minimum atomic E-state index is 1.02. The van der Waals surface area contributed by atoms with Crippen LogP contribution in [0.4, 0.5) is 0 Å². The first-order valence-electron chi connectivity index (χ1n) is 4.88. The maximum absolute atomic E-state index is 4.41. The molecule has 1 aliphatic rings. The van der Waals surface area contributed by atoms with E-state index in [9.17, 15) is 0 Å². The van der Waals surface area contributed by atoms with E-state index in [1.165, 1.54) is 16.4 Å². The molecule has 0 radical (unpaired) electrons. The van der Waals surface area contributed by atoms with Crippen LogP contribution in [-0.2, 0) is 0 Å². The standard InChI is InChI=1S/C13H10N2/c1-8-3-6-15-13-11-7-14-5-4-10(11)9(2)12(8)13/h3-7H,1H2,2H3. The summed E-state index contributed by atoms with van der Waals surface area (Å²) in [7, 11) is 0. The topological polar surface area (TPSA) is 25.8 Å². The molecule has 2 nitrogen and oxygen atoms in total. The number of pyridine rings is 2. The maximum atomic E-state index is 4.41. The summed E-state index contributed by atoms with van der Waals surface area (Å²) in [6.45, 7) is 6.16. The predicted molar refractivity (Wildman–Crippen MR) is 60.4 cm³/mol. The van der Waals surface area contributed by atoms with Crippen LogP contribution in [0.25, 0.3) is 23.4 Å². The van der Waals surface area contributed by atoms with Crippen LogP contribution < -0.4 is 10.4 Å². The van der Waals surface area contributed by atoms with Gasteiger partial charge in [0.25, 0.3) is 0 Å². The van der Waals surface area contributed by atoms with Gasteiger partial charge in [0.15, 0.2) is 0 Å². The zero-order valence-electron chi connectivity index (χ0n) is 8.49. The van der Waals surface area contributed by atoms with E-state index in [2.05, 4.69) is 23.5 Å². The minimum absolute atomic E-state index is 1.02. The van der Waals surface area contributed by atoms with Crippen molar-refractivity contribution in [2.75, 3.05) is 0 Å². The molecule has 0 atom stereocenters. The maximum Gasteiger partial charge on any atom is 0.0804 e. The SMILES string of the molecule is C=c1ccnc2c1=C(C)c1ccncc1-2. The van der Waals surface area contributed by atoms with Crippen LogP contribution in [0.3, 0.4) is 0 Å². The van der Waals surface area contributed by atoms with Crippen molar-refractivity contribution in [3.05, 3.63) is 46.7 Å². The lowest BCUT2D eigenvalue weighted by atomic mass is 10.1. The van der Waals surface area contributed by atoms with E-state index in [0.717, 1.165) is 16.5 Å². The fraction of sp³-hybridized carbons (Fsp3) is 0.0769. The summed E-state index contributed by atoms with van der Waals surface area (Å²) in [6, 6.07) is 3.98. The Hall–Kier alpha value is -1.96. The number of hydrogen-bond acceptors (Lipinski definition) is 2. The first kappa shape index (κ1) is 8.36. The lowest BCUT2D eigenvalue weighted by Gasteiger charge is -1.98. The smallest absolute Gasteiger partial charge is 0.0804 e. The summed E-state index contributed by atoms with van der Waals surface area (Å²) in [5, 5.41) is 2.20. The lowest BCUT2D eigenvalue weighted by molar-refractivity contribution is 1.26. The van der Waals surface area contributed by atoms with Gasteiger partial charge in [-0.2, -0.15) is 0 Å². The molecule has 0 N–H and O–H groups in total. The Kier molecular flexibility index (Phi) is 1.54. The van der Waals surface area contributed by atoms with E-state index in [1.54, 1.807) is 6.20 Å². The molecule has 2 heterocycles. The first-order chi connectivity index (χ1) is 7.29. The van der Waals surface area contributed by atoms with Crippen molar-refractivity contribution in [2.45, 2.75) is 6.92 Å². The van der Waals surface area contributed by atoms with Gasteiger partial charge in [-0.05, 0) is 35.4 Å². The zero-order valence-corrected chi connectivity index (χ0v) is 8.49. The Morgan fingerprint density at radius 2 is 2.00 bits per heavy atom. The molecule has 2 aromatic rings. The Bertz CT molecular complexity index is 656. The summed E-state index contributed by atoms with van der Waals surface area (Å²) < 4.78 is 0. The van der Waals surface area contributed by atoms with Crippen LogP contribution >= 0.6 is 0 Å². The number of rotatable bonds is 0. The molecule has 2 aromatic heterocycles. The molecule has 0 saturated carbocycles. The highest BCUT2D eigenvalue weighted by molar-refractivity contribution is 5.86. The van der Waals surface area contributed by atoms with Gasteiger partial charge in [-0.3, -0.25) is 9.97 Å². The number of nitrogens with zero attached hydrogens (tertiary/aromatic N) is 2. The number of hydrogen-bond donors (Lipinski definition) is 0. The van der Waals surface area contributed by atoms with Gasteiger partial charge < -0.3 is 0 Å². The molecule has 0 unspecified atom stereocenters. The van der Waals surface area contributed by atoms with Gasteiger partial charge in [0.2, 0.25) is 0 Å². The molecule has 72 valence electrons. The van der Waals surface area contributed by atoms with E-state index in [-0.39, 0.29) is 0 Å². The average Bonchev–Trinajstić information content (AvgIpc) is 2.55. The van der Waals surface area contributed by atoms with Gasteiger partial charge in [0.1, 0.15) is 0 Å². The molecular formula is C13H10N2. The second kappa shape index (κ2) is 2.76. The van der Waals surface area contributed by atoms with Crippen LogP contribution in [0, 0.1) is 0 Å². The molecule has 15 heavy (non-hydrogen) atoms. The summed E-state index contributed by atoms with van der Waals surface area (Å²) in [6.07, 6.45) is 5.49. The van der Waals surface area contributed by atoms with Crippen molar-refractivity contribution in [1.29, 1.82) is 0 Å². The van der Waals surface area contributed by atoms with Crippen molar-refractivity contribution in [3.8, 4) is 11.3 Å². The molecule has 0 aromatic carbocycles. The van der Waals surface area contributed by atoms with Crippen molar-refractivity contribution in [3.63, 3.8) is 0 Å². The van der Waals surface area contributed by atoms with Crippen molar-refractivity contribution in [2.24, 2.45) is 0 Å². The Labute approximate surface area is 87.6 Å². The van der Waals surface area contributed by atoms with Crippen LogP contribution in [0.5, 0.6) is 0 Å². The normalized spacial score (nSPS) is 12.5. The Morgan fingerprint density at radius 3 is 2.87 bits per heavy atom. The highest BCUT2D eigenvalue weighted by Gasteiger charge is 2.17. The van der Waals surface area contributed by atoms with Crippen LogP contribution in [0.1, 0.15) is 12.5 Å². The third-order valence-electron chi connectivity index (χ3n) is 2.89. The molecule has 0 bridgehead atoms. The van der Waals surface area contributed by atoms with E-state index >= 15 is 0 Å². The minimum Gasteiger partial charge on any atom is -0.264 e.